The van der Waals surface area contributed by atoms with Crippen molar-refractivity contribution in [2.24, 2.45) is 0 Å². The average molecular weight is 437 g/mol. The maximum atomic E-state index is 12.8. The molecular formula is C24H24N2O4S. The van der Waals surface area contributed by atoms with E-state index in [1.807, 2.05) is 26.0 Å². The normalized spacial score (nSPS) is 11.2. The van der Waals surface area contributed by atoms with Gasteiger partial charge in [-0.25, -0.2) is 13.1 Å². The Morgan fingerprint density at radius 3 is 2.16 bits per heavy atom. The average Bonchev–Trinajstić information content (AvgIpc) is 2.74. The van der Waals surface area contributed by atoms with Crippen LogP contribution >= 0.6 is 0 Å². The summed E-state index contributed by atoms with van der Waals surface area (Å²) in [7, 11) is -3.69. The fourth-order valence-corrected chi connectivity index (χ4v) is 4.05. The largest absolute Gasteiger partial charge is 0.325 e. The molecule has 0 heterocycles. The van der Waals surface area contributed by atoms with E-state index in [1.165, 1.54) is 12.1 Å². The molecule has 3 rings (SSSR count). The minimum Gasteiger partial charge on any atom is -0.325 e. The van der Waals surface area contributed by atoms with Crippen molar-refractivity contribution in [2.75, 3.05) is 11.9 Å². The molecule has 0 saturated heterocycles. The Hall–Kier alpha value is -3.29. The third-order valence-electron chi connectivity index (χ3n) is 4.71. The van der Waals surface area contributed by atoms with E-state index in [1.54, 1.807) is 48.5 Å². The molecule has 7 heteroatoms. The SMILES string of the molecule is Cc1ccc(S(=O)(=O)NCCC(=O)Nc2cc(C)ccc2C(=O)c2ccccc2)cc1. The van der Waals surface area contributed by atoms with Gasteiger partial charge in [-0.1, -0.05) is 54.1 Å². The molecule has 3 aromatic rings. The Bertz CT molecular complexity index is 1190. The van der Waals surface area contributed by atoms with E-state index in [2.05, 4.69) is 10.0 Å². The van der Waals surface area contributed by atoms with Gasteiger partial charge in [-0.2, -0.15) is 0 Å². The lowest BCUT2D eigenvalue weighted by molar-refractivity contribution is -0.116. The molecule has 0 atom stereocenters. The fraction of sp³-hybridized carbons (Fsp3) is 0.167. The number of hydrogen-bond acceptors (Lipinski definition) is 4. The molecule has 160 valence electrons. The number of sulfonamides is 1. The van der Waals surface area contributed by atoms with Gasteiger partial charge in [-0.15, -0.1) is 0 Å². The molecule has 6 nitrogen and oxygen atoms in total. The molecule has 0 radical (unpaired) electrons. The molecule has 0 aromatic heterocycles. The predicted molar refractivity (Wildman–Crippen MR) is 121 cm³/mol. The van der Waals surface area contributed by atoms with E-state index in [-0.39, 0.29) is 29.6 Å². The summed E-state index contributed by atoms with van der Waals surface area (Å²) < 4.78 is 27.1. The minimum absolute atomic E-state index is 0.0597. The topological polar surface area (TPSA) is 92.3 Å². The zero-order valence-corrected chi connectivity index (χ0v) is 18.2. The van der Waals surface area contributed by atoms with E-state index < -0.39 is 10.0 Å². The number of anilines is 1. The molecular weight excluding hydrogens is 412 g/mol. The molecule has 0 saturated carbocycles. The zero-order chi connectivity index (χ0) is 22.4. The van der Waals surface area contributed by atoms with Crippen LogP contribution in [0.15, 0.2) is 77.7 Å². The van der Waals surface area contributed by atoms with E-state index in [0.29, 0.717) is 16.8 Å². The molecule has 1 amide bonds. The molecule has 2 N–H and O–H groups in total. The van der Waals surface area contributed by atoms with Crippen LogP contribution < -0.4 is 10.0 Å². The molecule has 0 fully saturated rings. The Kier molecular flexibility index (Phi) is 6.99. The van der Waals surface area contributed by atoms with Gasteiger partial charge in [0.05, 0.1) is 10.6 Å². The van der Waals surface area contributed by atoms with Crippen LogP contribution in [-0.4, -0.2) is 26.7 Å². The van der Waals surface area contributed by atoms with Crippen molar-refractivity contribution < 1.29 is 18.0 Å². The van der Waals surface area contributed by atoms with Gasteiger partial charge in [-0.3, -0.25) is 9.59 Å². The number of ketones is 1. The van der Waals surface area contributed by atoms with Crippen LogP contribution in [0.2, 0.25) is 0 Å². The maximum absolute atomic E-state index is 12.8. The van der Waals surface area contributed by atoms with Crippen LogP contribution in [0.4, 0.5) is 5.69 Å². The Labute approximate surface area is 182 Å². The van der Waals surface area contributed by atoms with Gasteiger partial charge in [-0.05, 0) is 43.7 Å². The van der Waals surface area contributed by atoms with Crippen LogP contribution in [0.25, 0.3) is 0 Å². The van der Waals surface area contributed by atoms with Gasteiger partial charge >= 0.3 is 0 Å². The van der Waals surface area contributed by atoms with Crippen LogP contribution in [0.3, 0.4) is 0 Å². The third kappa shape index (κ3) is 5.87. The van der Waals surface area contributed by atoms with Gasteiger partial charge in [0.2, 0.25) is 15.9 Å². The number of benzene rings is 3. The first-order valence-electron chi connectivity index (χ1n) is 9.83. The predicted octanol–water partition coefficient (Wildman–Crippen LogP) is 3.84. The smallest absolute Gasteiger partial charge is 0.240 e. The van der Waals surface area contributed by atoms with Crippen molar-refractivity contribution in [2.45, 2.75) is 25.2 Å². The Morgan fingerprint density at radius 1 is 0.839 bits per heavy atom. The highest BCUT2D eigenvalue weighted by molar-refractivity contribution is 7.89. The van der Waals surface area contributed by atoms with Gasteiger partial charge in [0, 0.05) is 24.1 Å². The first-order valence-corrected chi connectivity index (χ1v) is 11.3. The van der Waals surface area contributed by atoms with Crippen LogP contribution in [0, 0.1) is 13.8 Å². The van der Waals surface area contributed by atoms with Gasteiger partial charge < -0.3 is 5.32 Å². The van der Waals surface area contributed by atoms with E-state index >= 15 is 0 Å². The lowest BCUT2D eigenvalue weighted by Gasteiger charge is -2.12. The molecule has 0 aliphatic heterocycles. The molecule has 0 bridgehead atoms. The summed E-state index contributed by atoms with van der Waals surface area (Å²) in [5.41, 5.74) is 3.15. The van der Waals surface area contributed by atoms with E-state index in [0.717, 1.165) is 11.1 Å². The molecule has 0 spiro atoms. The lowest BCUT2D eigenvalue weighted by atomic mass is 10.00. The van der Waals surface area contributed by atoms with E-state index in [4.69, 9.17) is 0 Å². The number of aryl methyl sites for hydroxylation is 2. The second-order valence-electron chi connectivity index (χ2n) is 7.25. The highest BCUT2D eigenvalue weighted by atomic mass is 32.2. The summed E-state index contributed by atoms with van der Waals surface area (Å²) in [5.74, 6) is -0.588. The summed E-state index contributed by atoms with van der Waals surface area (Å²) in [5, 5.41) is 2.74. The highest BCUT2D eigenvalue weighted by Gasteiger charge is 2.17. The number of carbonyl (C=O) groups is 2. The number of amides is 1. The second kappa shape index (κ2) is 9.68. The van der Waals surface area contributed by atoms with Crippen molar-refractivity contribution in [3.63, 3.8) is 0 Å². The number of nitrogens with one attached hydrogen (secondary N) is 2. The van der Waals surface area contributed by atoms with Crippen LogP contribution in [0.5, 0.6) is 0 Å². The maximum Gasteiger partial charge on any atom is 0.240 e. The van der Waals surface area contributed by atoms with Crippen LogP contribution in [-0.2, 0) is 14.8 Å². The minimum atomic E-state index is -3.69. The summed E-state index contributed by atoms with van der Waals surface area (Å²) in [6.07, 6.45) is -0.0714. The van der Waals surface area contributed by atoms with Crippen molar-refractivity contribution in [1.82, 2.24) is 4.72 Å². The summed E-state index contributed by atoms with van der Waals surface area (Å²) >= 11 is 0. The lowest BCUT2D eigenvalue weighted by Crippen LogP contribution is -2.28. The van der Waals surface area contributed by atoms with Crippen molar-refractivity contribution >= 4 is 27.4 Å². The monoisotopic (exact) mass is 436 g/mol. The van der Waals surface area contributed by atoms with Gasteiger partial charge in [0.15, 0.2) is 5.78 Å². The summed E-state index contributed by atoms with van der Waals surface area (Å²) in [6.45, 7) is 3.67. The molecule has 0 unspecified atom stereocenters. The fourth-order valence-electron chi connectivity index (χ4n) is 3.02. The standard InChI is InChI=1S/C24H24N2O4S/c1-17-8-11-20(12-9-17)31(29,30)25-15-14-23(27)26-22-16-18(2)10-13-21(22)24(28)19-6-4-3-5-7-19/h3-13,16,25H,14-15H2,1-2H3,(H,26,27). The molecule has 0 aliphatic carbocycles. The zero-order valence-electron chi connectivity index (χ0n) is 17.4. The second-order valence-corrected chi connectivity index (χ2v) is 9.02. The first-order chi connectivity index (χ1) is 14.8. The third-order valence-corrected chi connectivity index (χ3v) is 6.18. The number of carbonyl (C=O) groups excluding carboxylic acids is 2. The summed E-state index contributed by atoms with van der Waals surface area (Å²) in [4.78, 5) is 25.4. The molecule has 0 aliphatic rings. The number of rotatable bonds is 8. The Morgan fingerprint density at radius 2 is 1.48 bits per heavy atom. The van der Waals surface area contributed by atoms with Gasteiger partial charge in [0.1, 0.15) is 0 Å². The molecule has 31 heavy (non-hydrogen) atoms. The van der Waals surface area contributed by atoms with Gasteiger partial charge in [0.25, 0.3) is 0 Å². The van der Waals surface area contributed by atoms with E-state index in [9.17, 15) is 18.0 Å². The quantitative estimate of drug-likeness (QED) is 0.525. The summed E-state index contributed by atoms with van der Waals surface area (Å²) in [6, 6.07) is 20.5. The van der Waals surface area contributed by atoms with Crippen molar-refractivity contribution in [1.29, 1.82) is 0 Å². The highest BCUT2D eigenvalue weighted by Crippen LogP contribution is 2.21. The first kappa shape index (κ1) is 22.4. The van der Waals surface area contributed by atoms with Crippen molar-refractivity contribution in [3.8, 4) is 0 Å². The Balaban J connectivity index is 1.66. The van der Waals surface area contributed by atoms with Crippen LogP contribution in [0.1, 0.15) is 33.5 Å². The molecule has 3 aromatic carbocycles. The van der Waals surface area contributed by atoms with Crippen molar-refractivity contribution in [3.05, 3.63) is 95.1 Å². The number of hydrogen-bond donors (Lipinski definition) is 2.